The maximum absolute atomic E-state index is 13.1. The van der Waals surface area contributed by atoms with Gasteiger partial charge in [0.1, 0.15) is 24.1 Å². The molecule has 0 heterocycles. The molecule has 0 bridgehead atoms. The molecule has 6 heteroatoms. The van der Waals surface area contributed by atoms with Gasteiger partial charge in [-0.1, -0.05) is 48.5 Å². The molecule has 1 atom stereocenters. The molecule has 0 aromatic heterocycles. The first-order chi connectivity index (χ1) is 16.0. The van der Waals surface area contributed by atoms with Crippen LogP contribution in [0.5, 0.6) is 11.5 Å². The number of benzene rings is 3. The molecular formula is C27H25FN2O3. The van der Waals surface area contributed by atoms with Gasteiger partial charge in [-0.3, -0.25) is 4.79 Å². The van der Waals surface area contributed by atoms with E-state index in [4.69, 9.17) is 9.47 Å². The van der Waals surface area contributed by atoms with Gasteiger partial charge in [0.05, 0.1) is 12.6 Å². The van der Waals surface area contributed by atoms with E-state index in [-0.39, 0.29) is 24.0 Å². The molecule has 3 rings (SSSR count). The Morgan fingerprint density at radius 1 is 1.06 bits per heavy atom. The minimum absolute atomic E-state index is 0.0137. The zero-order valence-electron chi connectivity index (χ0n) is 18.5. The van der Waals surface area contributed by atoms with Crippen molar-refractivity contribution in [2.75, 3.05) is 6.61 Å². The average Bonchev–Trinajstić information content (AvgIpc) is 2.83. The van der Waals surface area contributed by atoms with E-state index < -0.39 is 5.91 Å². The Hall–Kier alpha value is -4.11. The molecule has 0 aliphatic rings. The first-order valence-corrected chi connectivity index (χ1v) is 10.6. The number of nitrogens with zero attached hydrogens (tertiary/aromatic N) is 1. The third-order valence-corrected chi connectivity index (χ3v) is 4.90. The van der Waals surface area contributed by atoms with Gasteiger partial charge in [-0.2, -0.15) is 5.26 Å². The van der Waals surface area contributed by atoms with Crippen molar-refractivity contribution in [2.45, 2.75) is 26.5 Å². The predicted octanol–water partition coefficient (Wildman–Crippen LogP) is 5.59. The van der Waals surface area contributed by atoms with Crippen LogP contribution in [0.4, 0.5) is 4.39 Å². The van der Waals surface area contributed by atoms with Gasteiger partial charge >= 0.3 is 0 Å². The highest BCUT2D eigenvalue weighted by atomic mass is 19.1. The highest BCUT2D eigenvalue weighted by molar-refractivity contribution is 6.01. The van der Waals surface area contributed by atoms with Gasteiger partial charge in [0, 0.05) is 0 Å². The molecular weight excluding hydrogens is 419 g/mol. The second-order valence-corrected chi connectivity index (χ2v) is 7.33. The Morgan fingerprint density at radius 3 is 2.45 bits per heavy atom. The van der Waals surface area contributed by atoms with Crippen molar-refractivity contribution in [1.29, 1.82) is 5.26 Å². The molecule has 1 N–H and O–H groups in total. The van der Waals surface area contributed by atoms with Crippen molar-refractivity contribution in [2.24, 2.45) is 0 Å². The Labute approximate surface area is 193 Å². The smallest absolute Gasteiger partial charge is 0.262 e. The van der Waals surface area contributed by atoms with Crippen molar-refractivity contribution in [1.82, 2.24) is 5.32 Å². The van der Waals surface area contributed by atoms with Crippen molar-refractivity contribution in [3.05, 3.63) is 101 Å². The number of nitrogens with one attached hydrogen (secondary N) is 1. The highest BCUT2D eigenvalue weighted by Gasteiger charge is 2.14. The van der Waals surface area contributed by atoms with Gasteiger partial charge in [-0.25, -0.2) is 4.39 Å². The third kappa shape index (κ3) is 6.68. The van der Waals surface area contributed by atoms with Gasteiger partial charge in [-0.15, -0.1) is 0 Å². The summed E-state index contributed by atoms with van der Waals surface area (Å²) >= 11 is 0. The van der Waals surface area contributed by atoms with Gasteiger partial charge in [0.2, 0.25) is 0 Å². The highest BCUT2D eigenvalue weighted by Crippen LogP contribution is 2.30. The summed E-state index contributed by atoms with van der Waals surface area (Å²) in [5.74, 6) is 0.242. The molecule has 0 unspecified atom stereocenters. The lowest BCUT2D eigenvalue weighted by Crippen LogP contribution is -2.27. The van der Waals surface area contributed by atoms with Crippen molar-refractivity contribution in [3.63, 3.8) is 0 Å². The maximum Gasteiger partial charge on any atom is 0.262 e. The molecule has 0 radical (unpaired) electrons. The van der Waals surface area contributed by atoms with Crippen molar-refractivity contribution >= 4 is 12.0 Å². The predicted molar refractivity (Wildman–Crippen MR) is 125 cm³/mol. The standard InChI is InChI=1S/C27H25FN2O3/c1-3-32-26-16-21(11-14-25(26)33-18-20-9-12-24(28)13-10-20)15-23(17-29)27(31)30-19(2)22-7-5-4-6-8-22/h4-16,19H,3,18H2,1-2H3,(H,30,31)/b23-15+/t19-/m0/s1. The molecule has 5 nitrogen and oxygen atoms in total. The average molecular weight is 445 g/mol. The number of carbonyl (C=O) groups excluding carboxylic acids is 1. The lowest BCUT2D eigenvalue weighted by Gasteiger charge is -2.14. The summed E-state index contributed by atoms with van der Waals surface area (Å²) in [7, 11) is 0. The molecule has 0 aliphatic heterocycles. The monoisotopic (exact) mass is 444 g/mol. The van der Waals surface area contributed by atoms with Gasteiger partial charge in [0.25, 0.3) is 5.91 Å². The minimum Gasteiger partial charge on any atom is -0.490 e. The molecule has 1 amide bonds. The number of ether oxygens (including phenoxy) is 2. The molecule has 33 heavy (non-hydrogen) atoms. The summed E-state index contributed by atoms with van der Waals surface area (Å²) in [6.45, 7) is 4.38. The molecule has 0 saturated carbocycles. The molecule has 0 saturated heterocycles. The van der Waals surface area contributed by atoms with Crippen LogP contribution in [0.25, 0.3) is 6.08 Å². The molecule has 0 aliphatic carbocycles. The van der Waals surface area contributed by atoms with Crippen molar-refractivity contribution < 1.29 is 18.7 Å². The number of hydrogen-bond donors (Lipinski definition) is 1. The number of hydrogen-bond acceptors (Lipinski definition) is 4. The molecule has 0 fully saturated rings. The van der Waals surface area contributed by atoms with Crippen LogP contribution >= 0.6 is 0 Å². The second-order valence-electron chi connectivity index (χ2n) is 7.33. The number of nitriles is 1. The van der Waals surface area contributed by atoms with Crippen molar-refractivity contribution in [3.8, 4) is 17.6 Å². The van der Waals surface area contributed by atoms with E-state index in [2.05, 4.69) is 5.32 Å². The zero-order valence-corrected chi connectivity index (χ0v) is 18.5. The molecule has 3 aromatic carbocycles. The lowest BCUT2D eigenvalue weighted by atomic mass is 10.1. The van der Waals surface area contributed by atoms with Gasteiger partial charge < -0.3 is 14.8 Å². The van der Waals surface area contributed by atoms with Crippen LogP contribution < -0.4 is 14.8 Å². The normalized spacial score (nSPS) is 11.9. The minimum atomic E-state index is -0.455. The number of halogens is 1. The Balaban J connectivity index is 1.74. The summed E-state index contributed by atoms with van der Waals surface area (Å²) in [5.41, 5.74) is 2.38. The van der Waals surface area contributed by atoms with Crippen LogP contribution in [0.3, 0.4) is 0 Å². The largest absolute Gasteiger partial charge is 0.490 e. The van der Waals surface area contributed by atoms with E-state index in [9.17, 15) is 14.4 Å². The quantitative estimate of drug-likeness (QED) is 0.345. The van der Waals surface area contributed by atoms with Crippen LogP contribution in [0.2, 0.25) is 0 Å². The van der Waals surface area contributed by atoms with Gasteiger partial charge in [0.15, 0.2) is 11.5 Å². The van der Waals surface area contributed by atoms with Crippen LogP contribution in [0.1, 0.15) is 36.6 Å². The van der Waals surface area contributed by atoms with E-state index in [1.807, 2.05) is 50.2 Å². The summed E-state index contributed by atoms with van der Waals surface area (Å²) in [4.78, 5) is 12.6. The first kappa shape index (κ1) is 23.6. The zero-order chi connectivity index (χ0) is 23.6. The summed E-state index contributed by atoms with van der Waals surface area (Å²) in [6.07, 6.45) is 1.51. The molecule has 168 valence electrons. The summed E-state index contributed by atoms with van der Waals surface area (Å²) in [6, 6.07) is 22.5. The fraction of sp³-hybridized carbons (Fsp3) is 0.185. The van der Waals surface area contributed by atoms with Crippen LogP contribution in [-0.4, -0.2) is 12.5 Å². The summed E-state index contributed by atoms with van der Waals surface area (Å²) in [5, 5.41) is 12.4. The topological polar surface area (TPSA) is 71.3 Å². The Morgan fingerprint density at radius 2 is 1.79 bits per heavy atom. The molecule has 3 aromatic rings. The second kappa shape index (κ2) is 11.5. The first-order valence-electron chi connectivity index (χ1n) is 10.6. The fourth-order valence-electron chi connectivity index (χ4n) is 3.16. The van der Waals surface area contributed by atoms with Crippen LogP contribution in [0.15, 0.2) is 78.4 Å². The van der Waals surface area contributed by atoms with E-state index in [1.165, 1.54) is 18.2 Å². The van der Waals surface area contributed by atoms with E-state index in [0.717, 1.165) is 11.1 Å². The SMILES string of the molecule is CCOc1cc(/C=C(\C#N)C(=O)N[C@@H](C)c2ccccc2)ccc1OCc1ccc(F)cc1. The van der Waals surface area contributed by atoms with Gasteiger partial charge in [-0.05, 0) is 60.9 Å². The van der Waals surface area contributed by atoms with Crippen LogP contribution in [-0.2, 0) is 11.4 Å². The molecule has 0 spiro atoms. The maximum atomic E-state index is 13.1. The van der Waals surface area contributed by atoms with E-state index >= 15 is 0 Å². The third-order valence-electron chi connectivity index (χ3n) is 4.90. The number of carbonyl (C=O) groups is 1. The Bertz CT molecular complexity index is 1150. The Kier molecular flexibility index (Phi) is 8.20. The number of rotatable bonds is 9. The van der Waals surface area contributed by atoms with Crippen LogP contribution in [0, 0.1) is 17.1 Å². The fourth-order valence-corrected chi connectivity index (χ4v) is 3.16. The van der Waals surface area contributed by atoms with E-state index in [1.54, 1.807) is 30.3 Å². The lowest BCUT2D eigenvalue weighted by molar-refractivity contribution is -0.117. The summed E-state index contributed by atoms with van der Waals surface area (Å²) < 4.78 is 24.6. The van der Waals surface area contributed by atoms with E-state index in [0.29, 0.717) is 23.7 Å². The number of amides is 1.